The summed E-state index contributed by atoms with van der Waals surface area (Å²) in [5.41, 5.74) is -0.398. The van der Waals surface area contributed by atoms with Crippen LogP contribution in [0.2, 0.25) is 0 Å². The van der Waals surface area contributed by atoms with E-state index in [4.69, 9.17) is 29.2 Å². The normalized spacial score (nSPS) is 25.4. The van der Waals surface area contributed by atoms with Crippen molar-refractivity contribution in [3.05, 3.63) is 107 Å². The van der Waals surface area contributed by atoms with Crippen LogP contribution in [0.5, 0.6) is 11.5 Å². The molecule has 25 heteroatoms. The van der Waals surface area contributed by atoms with E-state index in [1.807, 2.05) is 32.0 Å². The number of hydrogen-bond donors (Lipinski definition) is 13. The van der Waals surface area contributed by atoms with Crippen LogP contribution in [0, 0.1) is 19.8 Å². The van der Waals surface area contributed by atoms with Gasteiger partial charge in [-0.15, -0.1) is 0 Å². The number of carboxylic acid groups (broad SMARTS) is 1. The summed E-state index contributed by atoms with van der Waals surface area (Å²) in [7, 11) is 0. The number of phenolic OH excluding ortho intramolecular Hbond substituents is 1. The molecule has 1 aliphatic carbocycles. The number of ether oxygens (including phenoxy) is 3. The number of H-pyrrole nitrogens is 1. The van der Waals surface area contributed by atoms with Crippen LogP contribution in [0.15, 0.2) is 99.6 Å². The van der Waals surface area contributed by atoms with Gasteiger partial charge < -0.3 is 95.3 Å². The number of aliphatic hydroxyl groups is 6. The van der Waals surface area contributed by atoms with E-state index in [1.54, 1.807) is 12.3 Å². The summed E-state index contributed by atoms with van der Waals surface area (Å²) in [5, 5.41) is 103. The number of nitrogens with one attached hydrogen (secondary N) is 4. The van der Waals surface area contributed by atoms with Crippen LogP contribution in [0.4, 0.5) is 0 Å². The molecule has 2 aliphatic heterocycles. The molecule has 3 aromatic carbocycles. The number of carbonyl (C=O) groups excluding carboxylic acids is 3. The number of aromatic nitrogens is 2. The van der Waals surface area contributed by atoms with Gasteiger partial charge in [-0.2, -0.15) is 4.73 Å². The zero-order valence-electron chi connectivity index (χ0n) is 46.3. The number of hydrogen-bond acceptors (Lipinski definition) is 20. The number of piperidine rings is 1. The summed E-state index contributed by atoms with van der Waals surface area (Å²) in [5.74, 6) is -4.24. The second-order valence-electron chi connectivity index (χ2n) is 21.9. The molecule has 25 nitrogen and oxygen atoms in total. The van der Waals surface area contributed by atoms with Crippen molar-refractivity contribution < 1.29 is 83.5 Å². The molecule has 2 saturated heterocycles. The van der Waals surface area contributed by atoms with Crippen molar-refractivity contribution >= 4 is 52.3 Å². The van der Waals surface area contributed by atoms with Gasteiger partial charge in [0.1, 0.15) is 54.3 Å². The Bertz CT molecular complexity index is 3400. The molecule has 6 aromatic rings. The molecule has 5 heterocycles. The van der Waals surface area contributed by atoms with Gasteiger partial charge >= 0.3 is 11.9 Å². The van der Waals surface area contributed by atoms with Gasteiger partial charge in [0, 0.05) is 54.9 Å². The molecule has 1 saturated carbocycles. The average Bonchev–Trinajstić information content (AvgIpc) is 0.749. The van der Waals surface area contributed by atoms with Crippen LogP contribution >= 0.6 is 0 Å². The van der Waals surface area contributed by atoms with Crippen LogP contribution in [-0.2, 0) is 28.7 Å². The van der Waals surface area contributed by atoms with Crippen LogP contribution in [0.3, 0.4) is 0 Å². The minimum absolute atomic E-state index is 0.0358. The number of nitrogens with two attached hydrogens (primary N) is 1. The number of aliphatic hydroxyl groups excluding tert-OH is 4. The number of aromatic hydroxyl groups is 1. The summed E-state index contributed by atoms with van der Waals surface area (Å²) in [6.45, 7) is -0.482. The molecule has 12 atom stereocenters. The number of phenols is 1. The first kappa shape index (κ1) is 60.9. The first-order chi connectivity index (χ1) is 40.3. The number of aliphatic imine (C=N–C) groups is 1. The number of guanidine groups is 1. The number of aldehydes is 2. The fourth-order valence-electron chi connectivity index (χ4n) is 12.1. The molecular weight excluding hydrogens is 1090 g/mol. The van der Waals surface area contributed by atoms with E-state index in [0.717, 1.165) is 43.2 Å². The van der Waals surface area contributed by atoms with Crippen LogP contribution in [0.25, 0.3) is 44.3 Å². The van der Waals surface area contributed by atoms with Gasteiger partial charge in [-0.1, -0.05) is 42.2 Å². The second kappa shape index (κ2) is 25.6. The number of carboxylic acids is 1. The molecule has 3 aliphatic rings. The monoisotopic (exact) mass is 1170 g/mol. The predicted molar refractivity (Wildman–Crippen MR) is 302 cm³/mol. The fraction of sp³-hybridized carbons (Fsp3) is 0.458. The lowest BCUT2D eigenvalue weighted by Crippen LogP contribution is -2.86. The molecule has 450 valence electrons. The summed E-state index contributed by atoms with van der Waals surface area (Å²) in [4.78, 5) is 80.1. The Kier molecular flexibility index (Phi) is 18.6. The summed E-state index contributed by atoms with van der Waals surface area (Å²) >= 11 is 0. The number of esters is 1. The number of rotatable bonds is 24. The van der Waals surface area contributed by atoms with E-state index in [1.165, 1.54) is 59.7 Å². The molecule has 3 aromatic heterocycles. The smallest absolute Gasteiger partial charge is 0.337 e. The van der Waals surface area contributed by atoms with Gasteiger partial charge in [0.25, 0.3) is 0 Å². The molecule has 12 unspecified atom stereocenters. The van der Waals surface area contributed by atoms with Gasteiger partial charge in [-0.3, -0.25) is 10.1 Å². The molecule has 9 rings (SSSR count). The maximum atomic E-state index is 14.5. The Morgan fingerprint density at radius 1 is 0.988 bits per heavy atom. The lowest BCUT2D eigenvalue weighted by molar-refractivity contribution is -0.400. The van der Waals surface area contributed by atoms with Gasteiger partial charge in [0.2, 0.25) is 24.2 Å². The average molecular weight is 1170 g/mol. The number of carbonyl (C=O) groups is 4. The number of nitrogens with zero attached hydrogens (tertiary/aromatic N) is 2. The summed E-state index contributed by atoms with van der Waals surface area (Å²) < 4.78 is 26.4. The van der Waals surface area contributed by atoms with Gasteiger partial charge in [0.05, 0.1) is 35.4 Å². The first-order valence-electron chi connectivity index (χ1n) is 27.8. The molecule has 84 heavy (non-hydrogen) atoms. The minimum Gasteiger partial charge on any atom is -0.508 e. The summed E-state index contributed by atoms with van der Waals surface area (Å²) in [6, 6.07) is 13.0. The highest BCUT2D eigenvalue weighted by molar-refractivity contribution is 5.98. The lowest BCUT2D eigenvalue weighted by Gasteiger charge is -2.59. The molecule has 0 radical (unpaired) electrons. The third-order valence-corrected chi connectivity index (χ3v) is 16.3. The zero-order valence-corrected chi connectivity index (χ0v) is 46.3. The Balaban J connectivity index is 1.23. The highest BCUT2D eigenvalue weighted by Crippen LogP contribution is 2.47. The Morgan fingerprint density at radius 2 is 1.74 bits per heavy atom. The quantitative estimate of drug-likeness (QED) is 0.00778. The molecule has 3 fully saturated rings. The zero-order chi connectivity index (χ0) is 60.1. The Labute approximate surface area is 481 Å². The Hall–Kier alpha value is -7.72. The van der Waals surface area contributed by atoms with E-state index < -0.39 is 109 Å². The lowest BCUT2D eigenvalue weighted by atomic mass is 9.66. The Morgan fingerprint density at radius 3 is 2.43 bits per heavy atom. The largest absolute Gasteiger partial charge is 0.508 e. The van der Waals surface area contributed by atoms with E-state index >= 15 is 0 Å². The van der Waals surface area contributed by atoms with Gasteiger partial charge in [-0.25, -0.2) is 14.6 Å². The van der Waals surface area contributed by atoms with E-state index in [-0.39, 0.29) is 53.5 Å². The molecule has 14 N–H and O–H groups in total. The molecular formula is C59H71N7O18. The summed E-state index contributed by atoms with van der Waals surface area (Å²) in [6.07, 6.45) is -0.189. The maximum Gasteiger partial charge on any atom is 0.337 e. The number of aryl methyl sites for hydroxylation is 2. The number of benzene rings is 3. The van der Waals surface area contributed by atoms with Crippen molar-refractivity contribution in [2.24, 2.45) is 16.6 Å². The number of aromatic amines is 1. The third kappa shape index (κ3) is 12.0. The molecule has 0 bridgehead atoms. The number of aliphatic carboxylic acids is 1. The van der Waals surface area contributed by atoms with Crippen LogP contribution in [-0.4, -0.2) is 173 Å². The number of fused-ring (bicyclic) bond motifs is 3. The van der Waals surface area contributed by atoms with Crippen LogP contribution < -0.4 is 36.7 Å². The second-order valence-corrected chi connectivity index (χ2v) is 21.9. The fourth-order valence-corrected chi connectivity index (χ4v) is 12.1. The standard InChI is InChI=1S/C59H71N7O18/c1-32-23-33(2)25-37(24-32)49-47-36(18-20-62-47)27-66(49)84-51-54(81-39-15-16-40-45(26-39)80-29-41(50(40)74)34-10-13-38(72)14-11-34)82-55(57(78,30-70)59(51,79)46(73)9-5-21-67)58(31-71,83-53(77)48(52(75)76)61-19-6-22-68)65-56(60)64-44(28-69)43-17-12-35-7-3-4-8-42(35)63-43/h10-11,13-16,18,20,22-29,35,42-44,46,48,51,54-55,61-63,67,70-73,78-79H,3-9,12,17,19,21,30-31H2,1-2H3,(H,75,76)(H3,60,64,65). The van der Waals surface area contributed by atoms with E-state index in [0.29, 0.717) is 52.6 Å². The topological polar surface area (TPSA) is 392 Å². The minimum atomic E-state index is -3.51. The van der Waals surface area contributed by atoms with Crippen molar-refractivity contribution in [2.45, 2.75) is 137 Å². The van der Waals surface area contributed by atoms with Crippen LogP contribution in [0.1, 0.15) is 68.9 Å². The maximum absolute atomic E-state index is 14.5. The predicted octanol–water partition coefficient (Wildman–Crippen LogP) is 1.57. The van der Waals surface area contributed by atoms with Crippen molar-refractivity contribution in [3.63, 3.8) is 0 Å². The van der Waals surface area contributed by atoms with Crippen molar-refractivity contribution in [1.82, 2.24) is 25.7 Å². The third-order valence-electron chi connectivity index (χ3n) is 16.3. The molecule has 0 spiro atoms. The van der Waals surface area contributed by atoms with E-state index in [2.05, 4.69) is 25.9 Å². The van der Waals surface area contributed by atoms with Gasteiger partial charge in [-0.05, 0) is 106 Å². The van der Waals surface area contributed by atoms with Crippen molar-refractivity contribution in [2.75, 3.05) is 26.4 Å². The first-order valence-corrected chi connectivity index (χ1v) is 27.8. The molecule has 0 amide bonds. The van der Waals surface area contributed by atoms with Gasteiger partial charge in [0.15, 0.2) is 28.7 Å². The SMILES string of the molecule is Cc1cc(C)cc(-c2c3[nH]ccc3cn2OC2C(Oc3ccc4c(=O)c(-c5ccc(O)cc5)coc4c3)OC(C(CO)(NC(N)=NC(C=O)C3CCC4CCCCC4N3)OC(=O)C(NCCC=O)C(=O)O)C(O)(CO)C2(O)C(O)CCCO)c1. The van der Waals surface area contributed by atoms with Crippen molar-refractivity contribution in [3.8, 4) is 33.9 Å². The highest BCUT2D eigenvalue weighted by atomic mass is 16.8. The highest BCUT2D eigenvalue weighted by Gasteiger charge is 2.75. The van der Waals surface area contributed by atoms with E-state index in [9.17, 15) is 64.8 Å². The van der Waals surface area contributed by atoms with Crippen molar-refractivity contribution in [1.29, 1.82) is 0 Å².